The van der Waals surface area contributed by atoms with Gasteiger partial charge in [-0.3, -0.25) is 0 Å². The van der Waals surface area contributed by atoms with Crippen LogP contribution >= 0.6 is 0 Å². The second kappa shape index (κ2) is 12.9. The maximum Gasteiger partial charge on any atom is 0 e. The van der Waals surface area contributed by atoms with Crippen molar-refractivity contribution in [3.05, 3.63) is 6.42 Å². The Morgan fingerprint density at radius 2 is 1.20 bits per heavy atom. The van der Waals surface area contributed by atoms with Crippen molar-refractivity contribution in [2.75, 3.05) is 13.1 Å². The Labute approximate surface area is 92.0 Å². The van der Waals surface area contributed by atoms with Crippen LogP contribution in [-0.2, 0) is 40.8 Å². The summed E-state index contributed by atoms with van der Waals surface area (Å²) < 4.78 is 0. The third-order valence-corrected chi connectivity index (χ3v) is 0.577. The Balaban J connectivity index is -0.0000000817. The zero-order valence-electron chi connectivity index (χ0n) is 6.82. The van der Waals surface area contributed by atoms with Crippen molar-refractivity contribution in [3.63, 3.8) is 0 Å². The second-order valence-corrected chi connectivity index (χ2v) is 2.68. The van der Waals surface area contributed by atoms with Gasteiger partial charge in [0.05, 0.1) is 0 Å². The van der Waals surface area contributed by atoms with Gasteiger partial charge in [0.15, 0.2) is 0 Å². The summed E-state index contributed by atoms with van der Waals surface area (Å²) in [5.41, 5.74) is 0. The molecule has 1 rings (SSSR count). The first-order valence-electron chi connectivity index (χ1n) is 3.26. The van der Waals surface area contributed by atoms with E-state index in [9.17, 15) is 0 Å². The predicted octanol–water partition coefficient (Wildman–Crippen LogP) is 1.45. The van der Waals surface area contributed by atoms with Gasteiger partial charge < -0.3 is 11.7 Å². The molecule has 0 atom stereocenters. The largest absolute Gasteiger partial charge is 0.376 e. The fourth-order valence-electron chi connectivity index (χ4n) is 0.144. The van der Waals surface area contributed by atoms with Crippen LogP contribution in [0.3, 0.4) is 0 Å². The normalized spacial score (nSPS) is 13.2. The molecule has 10 heavy (non-hydrogen) atoms. The van der Waals surface area contributed by atoms with Crippen LogP contribution in [0.5, 0.6) is 0 Å². The number of nitrogens with one attached hydrogen (secondary N) is 1. The van der Waals surface area contributed by atoms with Gasteiger partial charge in [-0.15, -0.1) is 13.1 Å². The zero-order chi connectivity index (χ0) is 6.41. The Bertz CT molecular complexity index is 38.1. The molecule has 1 fully saturated rings. The minimum Gasteiger partial charge on any atom is -0.376 e. The molecular formula is C7H16NRe2-. The topological polar surface area (TPSA) is 12.0 Å². The zero-order valence-corrected chi connectivity index (χ0v) is 12.3. The van der Waals surface area contributed by atoms with Crippen LogP contribution in [-0.4, -0.2) is 13.1 Å². The van der Waals surface area contributed by atoms with Crippen LogP contribution in [0, 0.1) is 12.3 Å². The van der Waals surface area contributed by atoms with Crippen molar-refractivity contribution in [1.82, 2.24) is 5.32 Å². The summed E-state index contributed by atoms with van der Waals surface area (Å²) in [7, 11) is 0. The average Bonchev–Trinajstić information content (AvgIpc) is 1.19. The molecule has 2 radical (unpaired) electrons. The molecule has 0 aromatic heterocycles. The van der Waals surface area contributed by atoms with E-state index in [1.54, 1.807) is 0 Å². The van der Waals surface area contributed by atoms with Gasteiger partial charge in [-0.25, -0.2) is 0 Å². The molecule has 1 aliphatic heterocycles. The van der Waals surface area contributed by atoms with E-state index < -0.39 is 0 Å². The predicted molar refractivity (Wildman–Crippen MR) is 37.7 cm³/mol. The van der Waals surface area contributed by atoms with Gasteiger partial charge in [0.25, 0.3) is 0 Å². The van der Waals surface area contributed by atoms with E-state index in [1.807, 2.05) is 0 Å². The van der Waals surface area contributed by atoms with Gasteiger partial charge in [0.1, 0.15) is 0 Å². The van der Waals surface area contributed by atoms with Crippen LogP contribution in [0.1, 0.15) is 20.8 Å². The molecule has 3 heteroatoms. The van der Waals surface area contributed by atoms with Gasteiger partial charge in [-0.05, 0) is 5.92 Å². The van der Waals surface area contributed by atoms with E-state index in [0.717, 1.165) is 19.0 Å². The van der Waals surface area contributed by atoms with Gasteiger partial charge in [-0.1, -0.05) is 20.8 Å². The Kier molecular flexibility index (Phi) is 22.5. The Hall–Kier alpha value is 1.28. The van der Waals surface area contributed by atoms with Gasteiger partial charge >= 0.3 is 0 Å². The molecule has 0 aliphatic carbocycles. The smallest absolute Gasteiger partial charge is 0 e. The fraction of sp³-hybridized carbons (Fsp3) is 0.857. The molecule has 0 bridgehead atoms. The number of hydrogen-bond acceptors (Lipinski definition) is 1. The van der Waals surface area contributed by atoms with E-state index in [0.29, 0.717) is 0 Å². The molecule has 0 aromatic rings. The molecule has 0 saturated carbocycles. The third-order valence-electron chi connectivity index (χ3n) is 0.577. The number of rotatable bonds is 0. The van der Waals surface area contributed by atoms with Crippen molar-refractivity contribution in [2.45, 2.75) is 20.8 Å². The Morgan fingerprint density at radius 1 is 1.10 bits per heavy atom. The first-order valence-corrected chi connectivity index (χ1v) is 3.26. The Morgan fingerprint density at radius 3 is 1.20 bits per heavy atom. The average molecular weight is 487 g/mol. The van der Waals surface area contributed by atoms with Crippen LogP contribution in [0.2, 0.25) is 0 Å². The van der Waals surface area contributed by atoms with Crippen molar-refractivity contribution >= 4 is 0 Å². The quantitative estimate of drug-likeness (QED) is 0.512. The SMILES string of the molecule is CC(C)C.[CH-]1CNC1.[Re].[Re]. The van der Waals surface area contributed by atoms with Gasteiger partial charge in [-0.2, -0.15) is 0 Å². The van der Waals surface area contributed by atoms with E-state index in [4.69, 9.17) is 0 Å². The van der Waals surface area contributed by atoms with Gasteiger partial charge in [0.2, 0.25) is 0 Å². The summed E-state index contributed by atoms with van der Waals surface area (Å²) in [6, 6.07) is 0. The summed E-state index contributed by atoms with van der Waals surface area (Å²) in [6.45, 7) is 8.75. The third kappa shape index (κ3) is 22.8. The molecule has 1 heterocycles. The molecule has 64 valence electrons. The van der Waals surface area contributed by atoms with Crippen LogP contribution in [0.15, 0.2) is 0 Å². The van der Waals surface area contributed by atoms with Crippen molar-refractivity contribution < 1.29 is 40.8 Å². The molecule has 0 unspecified atom stereocenters. The fourth-order valence-corrected chi connectivity index (χ4v) is 0.144. The van der Waals surface area contributed by atoms with E-state index >= 15 is 0 Å². The molecule has 1 saturated heterocycles. The summed E-state index contributed by atoms with van der Waals surface area (Å²) in [5.74, 6) is 0.833. The molecule has 1 nitrogen and oxygen atoms in total. The number of hydrogen-bond donors (Lipinski definition) is 1. The van der Waals surface area contributed by atoms with E-state index in [2.05, 4.69) is 32.5 Å². The van der Waals surface area contributed by atoms with Crippen molar-refractivity contribution in [2.24, 2.45) is 5.92 Å². The van der Waals surface area contributed by atoms with E-state index in [1.165, 1.54) is 0 Å². The van der Waals surface area contributed by atoms with Crippen molar-refractivity contribution in [3.8, 4) is 0 Å². The molecule has 0 amide bonds. The van der Waals surface area contributed by atoms with Crippen LogP contribution in [0.25, 0.3) is 0 Å². The van der Waals surface area contributed by atoms with Crippen LogP contribution in [0.4, 0.5) is 0 Å². The molecular weight excluding hydrogens is 470 g/mol. The van der Waals surface area contributed by atoms with Gasteiger partial charge in [0, 0.05) is 40.8 Å². The minimum absolute atomic E-state index is 0. The van der Waals surface area contributed by atoms with E-state index in [-0.39, 0.29) is 40.8 Å². The standard InChI is InChI=1S/C4H10.C3H6N.2Re/c1-4(2)3;1-2-4-3-1;;/h4H,1-3H3;1,4H,2-3H2;;/q;-1;;. The van der Waals surface area contributed by atoms with Crippen molar-refractivity contribution in [1.29, 1.82) is 0 Å². The van der Waals surface area contributed by atoms with Crippen LogP contribution < -0.4 is 5.32 Å². The second-order valence-electron chi connectivity index (χ2n) is 2.68. The maximum atomic E-state index is 3.06. The summed E-state index contributed by atoms with van der Waals surface area (Å²) in [6.07, 6.45) is 2.19. The molecule has 1 N–H and O–H groups in total. The first-order chi connectivity index (χ1) is 3.73. The summed E-state index contributed by atoms with van der Waals surface area (Å²) in [5, 5.41) is 3.06. The minimum atomic E-state index is 0. The molecule has 0 aromatic carbocycles. The first kappa shape index (κ1) is 17.4. The summed E-state index contributed by atoms with van der Waals surface area (Å²) >= 11 is 0. The maximum absolute atomic E-state index is 3.06. The molecule has 0 spiro atoms. The monoisotopic (exact) mass is 488 g/mol. The molecule has 1 aliphatic rings. The summed E-state index contributed by atoms with van der Waals surface area (Å²) in [4.78, 5) is 0.